The molecule has 1 aliphatic rings. The van der Waals surface area contributed by atoms with E-state index >= 15 is 0 Å². The van der Waals surface area contributed by atoms with Crippen molar-refractivity contribution in [2.75, 3.05) is 5.32 Å². The molecule has 4 aromatic rings. The molecule has 5 nitrogen and oxygen atoms in total. The van der Waals surface area contributed by atoms with E-state index in [1.54, 1.807) is 23.0 Å². The Kier molecular flexibility index (Phi) is 4.21. The van der Waals surface area contributed by atoms with E-state index in [0.29, 0.717) is 23.0 Å². The number of thiophene rings is 1. The van der Waals surface area contributed by atoms with Crippen LogP contribution in [0, 0.1) is 0 Å². The lowest BCUT2D eigenvalue weighted by Gasteiger charge is -2.18. The van der Waals surface area contributed by atoms with Crippen molar-refractivity contribution in [2.45, 2.75) is 12.5 Å². The number of anilines is 1. The fourth-order valence-electron chi connectivity index (χ4n) is 3.88. The Morgan fingerprint density at radius 3 is 2.72 bits per heavy atom. The number of nitrogens with one attached hydrogen (secondary N) is 1. The van der Waals surface area contributed by atoms with Gasteiger partial charge in [-0.15, -0.1) is 11.3 Å². The highest BCUT2D eigenvalue weighted by Crippen LogP contribution is 2.38. The highest BCUT2D eigenvalue weighted by atomic mass is 32.1. The SMILES string of the molecule is Cn1c(=O)c(C2=Nc3ccccc3N[C@H](c3cccs3)C2)c(O)c2ccccc21. The molecule has 0 spiro atoms. The molecule has 0 bridgehead atoms. The van der Waals surface area contributed by atoms with Crippen LogP contribution in [0.15, 0.2) is 75.8 Å². The zero-order chi connectivity index (χ0) is 20.0. The summed E-state index contributed by atoms with van der Waals surface area (Å²) in [6.45, 7) is 0. The maximum Gasteiger partial charge on any atom is 0.263 e. The van der Waals surface area contributed by atoms with E-state index in [4.69, 9.17) is 4.99 Å². The van der Waals surface area contributed by atoms with Crippen LogP contribution in [0.1, 0.15) is 22.9 Å². The first-order valence-corrected chi connectivity index (χ1v) is 10.3. The second-order valence-electron chi connectivity index (χ2n) is 7.10. The fourth-order valence-corrected chi connectivity index (χ4v) is 4.65. The topological polar surface area (TPSA) is 66.6 Å². The van der Waals surface area contributed by atoms with Crippen molar-refractivity contribution in [2.24, 2.45) is 12.0 Å². The number of para-hydroxylation sites is 3. The maximum atomic E-state index is 13.2. The van der Waals surface area contributed by atoms with Crippen LogP contribution >= 0.6 is 11.3 Å². The van der Waals surface area contributed by atoms with E-state index in [9.17, 15) is 9.90 Å². The lowest BCUT2D eigenvalue weighted by Crippen LogP contribution is -2.26. The normalized spacial score (nSPS) is 16.0. The van der Waals surface area contributed by atoms with Crippen molar-refractivity contribution in [3.8, 4) is 5.75 Å². The molecule has 1 aliphatic heterocycles. The summed E-state index contributed by atoms with van der Waals surface area (Å²) in [5, 5.41) is 17.3. The van der Waals surface area contributed by atoms with Gasteiger partial charge in [0.25, 0.3) is 5.56 Å². The molecule has 2 N–H and O–H groups in total. The smallest absolute Gasteiger partial charge is 0.263 e. The second kappa shape index (κ2) is 6.90. The molecule has 5 rings (SSSR count). The Morgan fingerprint density at radius 1 is 1.10 bits per heavy atom. The molecule has 2 aromatic heterocycles. The van der Waals surface area contributed by atoms with Gasteiger partial charge in [-0.1, -0.05) is 30.3 Å². The Hall–Kier alpha value is -3.38. The molecule has 0 radical (unpaired) electrons. The van der Waals surface area contributed by atoms with Crippen LogP contribution in [0.4, 0.5) is 11.4 Å². The zero-order valence-corrected chi connectivity index (χ0v) is 16.6. The van der Waals surface area contributed by atoms with Crippen molar-refractivity contribution in [1.82, 2.24) is 4.57 Å². The predicted molar refractivity (Wildman–Crippen MR) is 119 cm³/mol. The summed E-state index contributed by atoms with van der Waals surface area (Å²) < 4.78 is 1.58. The molecule has 0 aliphatic carbocycles. The summed E-state index contributed by atoms with van der Waals surface area (Å²) >= 11 is 1.66. The van der Waals surface area contributed by atoms with Crippen LogP contribution in [0.3, 0.4) is 0 Å². The van der Waals surface area contributed by atoms with E-state index in [1.807, 2.05) is 60.0 Å². The van der Waals surface area contributed by atoms with Crippen LogP contribution < -0.4 is 10.9 Å². The molecule has 29 heavy (non-hydrogen) atoms. The van der Waals surface area contributed by atoms with Gasteiger partial charge < -0.3 is 15.0 Å². The fraction of sp³-hybridized carbons (Fsp3) is 0.130. The number of rotatable bonds is 2. The lowest BCUT2D eigenvalue weighted by atomic mass is 10.00. The van der Waals surface area contributed by atoms with E-state index in [2.05, 4.69) is 11.4 Å². The molecule has 144 valence electrons. The van der Waals surface area contributed by atoms with Gasteiger partial charge in [0.1, 0.15) is 11.3 Å². The van der Waals surface area contributed by atoms with E-state index in [1.165, 1.54) is 0 Å². The number of nitrogens with zero attached hydrogens (tertiary/aromatic N) is 2. The molecule has 3 heterocycles. The van der Waals surface area contributed by atoms with Crippen LogP contribution in [-0.4, -0.2) is 15.4 Å². The molecule has 0 saturated carbocycles. The van der Waals surface area contributed by atoms with Crippen molar-refractivity contribution >= 4 is 39.3 Å². The molecule has 0 unspecified atom stereocenters. The number of pyridine rings is 1. The maximum absolute atomic E-state index is 13.2. The van der Waals surface area contributed by atoms with Crippen LogP contribution in [-0.2, 0) is 7.05 Å². The number of hydrogen-bond donors (Lipinski definition) is 2. The van der Waals surface area contributed by atoms with Gasteiger partial charge in [-0.3, -0.25) is 9.79 Å². The van der Waals surface area contributed by atoms with Gasteiger partial charge in [0.15, 0.2) is 0 Å². The minimum Gasteiger partial charge on any atom is -0.506 e. The lowest BCUT2D eigenvalue weighted by molar-refractivity contribution is 0.478. The van der Waals surface area contributed by atoms with Gasteiger partial charge in [-0.2, -0.15) is 0 Å². The summed E-state index contributed by atoms with van der Waals surface area (Å²) in [7, 11) is 1.73. The highest BCUT2D eigenvalue weighted by molar-refractivity contribution is 7.10. The third kappa shape index (κ3) is 2.93. The molecular formula is C23H19N3O2S. The number of hydrogen-bond acceptors (Lipinski definition) is 5. The van der Waals surface area contributed by atoms with E-state index in [0.717, 1.165) is 16.3 Å². The number of aryl methyl sites for hydroxylation is 1. The summed E-state index contributed by atoms with van der Waals surface area (Å²) in [5.74, 6) is -0.00763. The number of aromatic hydroxyl groups is 1. The first-order valence-electron chi connectivity index (χ1n) is 9.41. The molecule has 0 fully saturated rings. The molecular weight excluding hydrogens is 382 g/mol. The largest absolute Gasteiger partial charge is 0.506 e. The summed E-state index contributed by atoms with van der Waals surface area (Å²) in [4.78, 5) is 19.2. The van der Waals surface area contributed by atoms with Gasteiger partial charge in [-0.05, 0) is 35.7 Å². The quantitative estimate of drug-likeness (QED) is 0.498. The molecule has 6 heteroatoms. The number of aliphatic imine (C=N–C) groups is 1. The Balaban J connectivity index is 1.76. The van der Waals surface area contributed by atoms with Gasteiger partial charge in [0, 0.05) is 23.7 Å². The average Bonchev–Trinajstić information content (AvgIpc) is 3.21. The Bertz CT molecular complexity index is 1310. The van der Waals surface area contributed by atoms with Gasteiger partial charge in [0.2, 0.25) is 0 Å². The first-order chi connectivity index (χ1) is 14.1. The standard InChI is InChI=1S/C23H19N3O2S/c1-26-19-10-5-2-7-14(19)22(27)21(23(26)28)18-13-17(20-11-6-12-29-20)24-15-8-3-4-9-16(15)25-18/h2-12,17,24,27H,13H2,1H3/t17-/m0/s1. The Labute approximate surface area is 171 Å². The van der Waals surface area contributed by atoms with Gasteiger partial charge >= 0.3 is 0 Å². The molecule has 0 amide bonds. The highest BCUT2D eigenvalue weighted by Gasteiger charge is 2.26. The minimum absolute atomic E-state index is 0.00763. The second-order valence-corrected chi connectivity index (χ2v) is 8.08. The van der Waals surface area contributed by atoms with E-state index in [-0.39, 0.29) is 22.9 Å². The average molecular weight is 401 g/mol. The van der Waals surface area contributed by atoms with Gasteiger partial charge in [0.05, 0.1) is 28.6 Å². The van der Waals surface area contributed by atoms with E-state index < -0.39 is 0 Å². The summed E-state index contributed by atoms with van der Waals surface area (Å²) in [5.41, 5.74) is 2.98. The minimum atomic E-state index is -0.246. The van der Waals surface area contributed by atoms with Crippen molar-refractivity contribution in [3.05, 3.63) is 86.8 Å². The van der Waals surface area contributed by atoms with Crippen molar-refractivity contribution in [1.29, 1.82) is 0 Å². The summed E-state index contributed by atoms with van der Waals surface area (Å²) in [6.07, 6.45) is 0.496. The van der Waals surface area contributed by atoms with Crippen LogP contribution in [0.5, 0.6) is 5.75 Å². The monoisotopic (exact) mass is 401 g/mol. The number of benzene rings is 2. The van der Waals surface area contributed by atoms with Crippen molar-refractivity contribution < 1.29 is 5.11 Å². The Morgan fingerprint density at radius 2 is 1.90 bits per heavy atom. The molecule has 2 aromatic carbocycles. The predicted octanol–water partition coefficient (Wildman–Crippen LogP) is 4.98. The zero-order valence-electron chi connectivity index (χ0n) is 15.8. The van der Waals surface area contributed by atoms with Crippen molar-refractivity contribution in [3.63, 3.8) is 0 Å². The molecule has 1 atom stereocenters. The molecule has 0 saturated heterocycles. The van der Waals surface area contributed by atoms with Crippen LogP contribution in [0.2, 0.25) is 0 Å². The first kappa shape index (κ1) is 17.7. The van der Waals surface area contributed by atoms with Crippen LogP contribution in [0.25, 0.3) is 10.9 Å². The van der Waals surface area contributed by atoms with Gasteiger partial charge in [-0.25, -0.2) is 0 Å². The third-order valence-electron chi connectivity index (χ3n) is 5.34. The third-order valence-corrected chi connectivity index (χ3v) is 6.32. The summed E-state index contributed by atoms with van der Waals surface area (Å²) in [6, 6.07) is 19.2. The number of fused-ring (bicyclic) bond motifs is 2. The number of aromatic nitrogens is 1.